The van der Waals surface area contributed by atoms with E-state index in [9.17, 15) is 9.59 Å². The van der Waals surface area contributed by atoms with E-state index in [-0.39, 0.29) is 11.8 Å². The molecular formula is C19H21BrN2O3. The second-order valence-electron chi connectivity index (χ2n) is 5.62. The molecule has 2 aromatic carbocycles. The van der Waals surface area contributed by atoms with E-state index in [2.05, 4.69) is 26.6 Å². The van der Waals surface area contributed by atoms with Crippen molar-refractivity contribution in [2.75, 3.05) is 11.9 Å². The molecule has 5 nitrogen and oxygen atoms in total. The van der Waals surface area contributed by atoms with Crippen molar-refractivity contribution in [1.29, 1.82) is 0 Å². The summed E-state index contributed by atoms with van der Waals surface area (Å²) in [5.74, 6) is 0.135. The molecule has 2 aromatic rings. The molecule has 25 heavy (non-hydrogen) atoms. The molecule has 2 N–H and O–H groups in total. The highest BCUT2D eigenvalue weighted by atomic mass is 79.9. The first-order valence-electron chi connectivity index (χ1n) is 8.02. The average molecular weight is 405 g/mol. The van der Waals surface area contributed by atoms with Gasteiger partial charge in [-0.2, -0.15) is 0 Å². The summed E-state index contributed by atoms with van der Waals surface area (Å²) in [6.07, 6.45) is -0.688. The molecule has 0 aromatic heterocycles. The van der Waals surface area contributed by atoms with E-state index in [0.717, 1.165) is 10.0 Å². The second kappa shape index (κ2) is 8.67. The van der Waals surface area contributed by atoms with Crippen molar-refractivity contribution in [3.63, 3.8) is 0 Å². The van der Waals surface area contributed by atoms with Crippen molar-refractivity contribution in [3.05, 3.63) is 58.1 Å². The molecule has 0 aliphatic heterocycles. The van der Waals surface area contributed by atoms with Gasteiger partial charge in [-0.15, -0.1) is 0 Å². The Bertz CT molecular complexity index is 777. The summed E-state index contributed by atoms with van der Waals surface area (Å²) in [6, 6.07) is 12.5. The van der Waals surface area contributed by atoms with Gasteiger partial charge in [-0.25, -0.2) is 0 Å². The number of hydrogen-bond acceptors (Lipinski definition) is 3. The molecule has 2 rings (SSSR count). The predicted molar refractivity (Wildman–Crippen MR) is 102 cm³/mol. The van der Waals surface area contributed by atoms with Gasteiger partial charge in [-0.05, 0) is 72.6 Å². The molecule has 6 heteroatoms. The van der Waals surface area contributed by atoms with E-state index < -0.39 is 6.10 Å². The van der Waals surface area contributed by atoms with E-state index >= 15 is 0 Å². The Morgan fingerprint density at radius 2 is 1.96 bits per heavy atom. The van der Waals surface area contributed by atoms with E-state index in [0.29, 0.717) is 23.5 Å². The fourth-order valence-corrected chi connectivity index (χ4v) is 2.78. The highest BCUT2D eigenvalue weighted by Crippen LogP contribution is 2.26. The van der Waals surface area contributed by atoms with Gasteiger partial charge in [-0.3, -0.25) is 9.59 Å². The molecule has 0 radical (unpaired) electrons. The van der Waals surface area contributed by atoms with Crippen LogP contribution >= 0.6 is 15.9 Å². The van der Waals surface area contributed by atoms with Gasteiger partial charge in [0.15, 0.2) is 6.10 Å². The van der Waals surface area contributed by atoms with Crippen LogP contribution in [0.2, 0.25) is 0 Å². The van der Waals surface area contributed by atoms with Gasteiger partial charge in [-0.1, -0.05) is 12.1 Å². The van der Waals surface area contributed by atoms with Crippen LogP contribution in [0.15, 0.2) is 46.9 Å². The third kappa shape index (κ3) is 5.32. The molecule has 0 aliphatic rings. The molecule has 2 amide bonds. The van der Waals surface area contributed by atoms with Crippen LogP contribution < -0.4 is 15.4 Å². The Morgan fingerprint density at radius 1 is 1.20 bits per heavy atom. The Labute approximate surface area is 155 Å². The number of ether oxygens (including phenoxy) is 1. The number of carbonyl (C=O) groups excluding carboxylic acids is 2. The third-order valence-electron chi connectivity index (χ3n) is 3.49. The number of halogens is 1. The topological polar surface area (TPSA) is 67.4 Å². The average Bonchev–Trinajstić information content (AvgIpc) is 2.57. The number of rotatable bonds is 6. The van der Waals surface area contributed by atoms with E-state index in [1.54, 1.807) is 31.2 Å². The van der Waals surface area contributed by atoms with Crippen LogP contribution in [0.5, 0.6) is 5.75 Å². The first kappa shape index (κ1) is 19.0. The number of anilines is 1. The Kier molecular flexibility index (Phi) is 6.58. The molecular weight excluding hydrogens is 384 g/mol. The predicted octanol–water partition coefficient (Wildman–Crippen LogP) is 3.91. The van der Waals surface area contributed by atoms with Gasteiger partial charge < -0.3 is 15.4 Å². The number of nitrogens with one attached hydrogen (secondary N) is 2. The van der Waals surface area contributed by atoms with Crippen LogP contribution in [0.25, 0.3) is 0 Å². The lowest BCUT2D eigenvalue weighted by Crippen LogP contribution is -2.30. The quantitative estimate of drug-likeness (QED) is 0.766. The molecule has 0 bridgehead atoms. The summed E-state index contributed by atoms with van der Waals surface area (Å²) in [7, 11) is 0. The first-order chi connectivity index (χ1) is 11.9. The highest BCUT2D eigenvalue weighted by Gasteiger charge is 2.17. The van der Waals surface area contributed by atoms with Crippen LogP contribution in [0.3, 0.4) is 0 Å². The van der Waals surface area contributed by atoms with Crippen molar-refractivity contribution < 1.29 is 14.3 Å². The summed E-state index contributed by atoms with van der Waals surface area (Å²) in [6.45, 7) is 6.05. The molecule has 1 atom stereocenters. The van der Waals surface area contributed by atoms with Crippen molar-refractivity contribution >= 4 is 33.4 Å². The van der Waals surface area contributed by atoms with Gasteiger partial charge in [0, 0.05) is 17.8 Å². The van der Waals surface area contributed by atoms with Crippen LogP contribution in [-0.4, -0.2) is 24.5 Å². The molecule has 0 saturated carbocycles. The zero-order chi connectivity index (χ0) is 18.4. The van der Waals surface area contributed by atoms with E-state index in [1.807, 2.05) is 32.0 Å². The van der Waals surface area contributed by atoms with Crippen molar-refractivity contribution in [1.82, 2.24) is 5.32 Å². The van der Waals surface area contributed by atoms with Crippen molar-refractivity contribution in [2.45, 2.75) is 26.9 Å². The minimum absolute atomic E-state index is 0.175. The summed E-state index contributed by atoms with van der Waals surface area (Å²) < 4.78 is 6.51. The van der Waals surface area contributed by atoms with Crippen molar-refractivity contribution in [3.8, 4) is 5.75 Å². The zero-order valence-electron chi connectivity index (χ0n) is 14.4. The lowest BCUT2D eigenvalue weighted by molar-refractivity contribution is -0.122. The lowest BCUT2D eigenvalue weighted by atomic mass is 10.2. The minimum Gasteiger partial charge on any atom is -0.480 e. The van der Waals surface area contributed by atoms with Crippen LogP contribution in [0.1, 0.15) is 29.8 Å². The van der Waals surface area contributed by atoms with E-state index in [1.165, 1.54) is 0 Å². The smallest absolute Gasteiger partial charge is 0.265 e. The maximum absolute atomic E-state index is 12.3. The normalized spacial score (nSPS) is 11.5. The maximum atomic E-state index is 12.3. The van der Waals surface area contributed by atoms with Gasteiger partial charge in [0.05, 0.1) is 4.47 Å². The van der Waals surface area contributed by atoms with Crippen LogP contribution in [0, 0.1) is 6.92 Å². The summed E-state index contributed by atoms with van der Waals surface area (Å²) in [5, 5.41) is 5.50. The summed E-state index contributed by atoms with van der Waals surface area (Å²) >= 11 is 3.43. The highest BCUT2D eigenvalue weighted by molar-refractivity contribution is 9.10. The maximum Gasteiger partial charge on any atom is 0.265 e. The third-order valence-corrected chi connectivity index (χ3v) is 4.11. The number of hydrogen-bond donors (Lipinski definition) is 2. The number of amides is 2. The molecule has 132 valence electrons. The van der Waals surface area contributed by atoms with Gasteiger partial charge >= 0.3 is 0 Å². The fourth-order valence-electron chi connectivity index (χ4n) is 2.19. The molecule has 0 spiro atoms. The number of aryl methyl sites for hydroxylation is 1. The van der Waals surface area contributed by atoms with Gasteiger partial charge in [0.1, 0.15) is 5.75 Å². The standard InChI is InChI=1S/C19H21BrN2O3/c1-4-21-19(24)14-6-5-7-15(11-14)22-18(23)13(3)25-17-9-8-12(2)10-16(17)20/h5-11,13H,4H2,1-3H3,(H,21,24)(H,22,23). The monoisotopic (exact) mass is 404 g/mol. The molecule has 0 fully saturated rings. The lowest BCUT2D eigenvalue weighted by Gasteiger charge is -2.16. The zero-order valence-corrected chi connectivity index (χ0v) is 16.0. The van der Waals surface area contributed by atoms with Crippen molar-refractivity contribution in [2.24, 2.45) is 0 Å². The van der Waals surface area contributed by atoms with Crippen LogP contribution in [-0.2, 0) is 4.79 Å². The molecule has 0 heterocycles. The van der Waals surface area contributed by atoms with Crippen LogP contribution in [0.4, 0.5) is 5.69 Å². The second-order valence-corrected chi connectivity index (χ2v) is 6.48. The van der Waals surface area contributed by atoms with Gasteiger partial charge in [0.25, 0.3) is 11.8 Å². The largest absolute Gasteiger partial charge is 0.480 e. The van der Waals surface area contributed by atoms with Gasteiger partial charge in [0.2, 0.25) is 0 Å². The Morgan fingerprint density at radius 3 is 2.64 bits per heavy atom. The summed E-state index contributed by atoms with van der Waals surface area (Å²) in [4.78, 5) is 24.2. The summed E-state index contributed by atoms with van der Waals surface area (Å²) in [5.41, 5.74) is 2.14. The SMILES string of the molecule is CCNC(=O)c1cccc(NC(=O)C(C)Oc2ccc(C)cc2Br)c1. The Balaban J connectivity index is 2.03. The minimum atomic E-state index is -0.688. The fraction of sp³-hybridized carbons (Fsp3) is 0.263. The number of carbonyl (C=O) groups is 2. The van der Waals surface area contributed by atoms with E-state index in [4.69, 9.17) is 4.74 Å². The Hall–Kier alpha value is -2.34. The molecule has 0 saturated heterocycles. The first-order valence-corrected chi connectivity index (χ1v) is 8.82. The molecule has 0 aliphatic carbocycles. The molecule has 1 unspecified atom stereocenters. The number of benzene rings is 2.